The summed E-state index contributed by atoms with van der Waals surface area (Å²) in [5, 5.41) is 3.38. The van der Waals surface area contributed by atoms with E-state index in [0.717, 1.165) is 43.7 Å². The van der Waals surface area contributed by atoms with Crippen LogP contribution in [-0.2, 0) is 6.54 Å². The summed E-state index contributed by atoms with van der Waals surface area (Å²) < 4.78 is 14.2. The quantitative estimate of drug-likeness (QED) is 0.816. The summed E-state index contributed by atoms with van der Waals surface area (Å²) in [4.78, 5) is 2.25. The third-order valence-electron chi connectivity index (χ3n) is 3.90. The fourth-order valence-electron chi connectivity index (χ4n) is 2.85. The first-order valence-electron chi connectivity index (χ1n) is 7.48. The Hall–Kier alpha value is -1.09. The van der Waals surface area contributed by atoms with Crippen LogP contribution in [0.2, 0.25) is 0 Å². The van der Waals surface area contributed by atoms with Gasteiger partial charge in [0.15, 0.2) is 0 Å². The molecule has 1 aromatic carbocycles. The average molecular weight is 264 g/mol. The van der Waals surface area contributed by atoms with E-state index in [9.17, 15) is 4.39 Å². The second-order valence-corrected chi connectivity index (χ2v) is 5.46. The second-order valence-electron chi connectivity index (χ2n) is 5.46. The van der Waals surface area contributed by atoms with Gasteiger partial charge in [0.2, 0.25) is 0 Å². The third kappa shape index (κ3) is 3.47. The summed E-state index contributed by atoms with van der Waals surface area (Å²) in [5.41, 5.74) is 1.90. The normalized spacial score (nSPS) is 19.7. The highest BCUT2D eigenvalue weighted by Crippen LogP contribution is 2.30. The van der Waals surface area contributed by atoms with Crippen molar-refractivity contribution in [1.29, 1.82) is 0 Å². The van der Waals surface area contributed by atoms with Gasteiger partial charge in [-0.2, -0.15) is 0 Å². The molecule has 1 fully saturated rings. The van der Waals surface area contributed by atoms with E-state index in [4.69, 9.17) is 0 Å². The van der Waals surface area contributed by atoms with Gasteiger partial charge in [-0.1, -0.05) is 19.1 Å². The van der Waals surface area contributed by atoms with Crippen LogP contribution in [0.1, 0.15) is 45.1 Å². The minimum Gasteiger partial charge on any atom is -0.366 e. The van der Waals surface area contributed by atoms with Crippen molar-refractivity contribution in [3.63, 3.8) is 0 Å². The highest BCUT2D eigenvalue weighted by Gasteiger charge is 2.23. The van der Waals surface area contributed by atoms with E-state index >= 15 is 0 Å². The number of para-hydroxylation sites is 1. The van der Waals surface area contributed by atoms with Crippen LogP contribution in [0.4, 0.5) is 10.1 Å². The summed E-state index contributed by atoms with van der Waals surface area (Å²) in [5.74, 6) is -0.0791. The SMILES string of the molecule is CCCNCc1cccc(F)c1N1CCCCC1C. The zero-order valence-corrected chi connectivity index (χ0v) is 12.1. The van der Waals surface area contributed by atoms with Crippen molar-refractivity contribution in [1.82, 2.24) is 5.32 Å². The number of anilines is 1. The number of nitrogens with one attached hydrogen (secondary N) is 1. The Morgan fingerprint density at radius 1 is 1.37 bits per heavy atom. The van der Waals surface area contributed by atoms with Crippen molar-refractivity contribution in [2.75, 3.05) is 18.0 Å². The molecule has 0 spiro atoms. The topological polar surface area (TPSA) is 15.3 Å². The monoisotopic (exact) mass is 264 g/mol. The van der Waals surface area contributed by atoms with Gasteiger partial charge in [-0.3, -0.25) is 0 Å². The maximum atomic E-state index is 14.2. The van der Waals surface area contributed by atoms with Gasteiger partial charge in [0.1, 0.15) is 5.82 Å². The molecule has 3 heteroatoms. The highest BCUT2D eigenvalue weighted by molar-refractivity contribution is 5.56. The second kappa shape index (κ2) is 6.90. The van der Waals surface area contributed by atoms with Crippen LogP contribution >= 0.6 is 0 Å². The molecule has 19 heavy (non-hydrogen) atoms. The molecular formula is C16H25FN2. The lowest BCUT2D eigenvalue weighted by molar-refractivity contribution is 0.473. The molecule has 106 valence electrons. The maximum absolute atomic E-state index is 14.2. The Labute approximate surface area is 116 Å². The van der Waals surface area contributed by atoms with E-state index in [1.807, 2.05) is 12.1 Å². The van der Waals surface area contributed by atoms with E-state index in [1.54, 1.807) is 6.07 Å². The Bertz CT molecular complexity index is 406. The fraction of sp³-hybridized carbons (Fsp3) is 0.625. The lowest BCUT2D eigenvalue weighted by Crippen LogP contribution is -2.39. The molecule has 2 nitrogen and oxygen atoms in total. The van der Waals surface area contributed by atoms with Crippen LogP contribution in [0.3, 0.4) is 0 Å². The van der Waals surface area contributed by atoms with Gasteiger partial charge >= 0.3 is 0 Å². The van der Waals surface area contributed by atoms with Crippen LogP contribution in [-0.4, -0.2) is 19.1 Å². The molecule has 1 aromatic rings. The molecule has 0 aromatic heterocycles. The lowest BCUT2D eigenvalue weighted by atomic mass is 10.0. The Morgan fingerprint density at radius 2 is 2.21 bits per heavy atom. The minimum absolute atomic E-state index is 0.0791. The summed E-state index contributed by atoms with van der Waals surface area (Å²) in [7, 11) is 0. The zero-order chi connectivity index (χ0) is 13.7. The Morgan fingerprint density at radius 3 is 2.95 bits per heavy atom. The van der Waals surface area contributed by atoms with Crippen LogP contribution in [0, 0.1) is 5.82 Å². The van der Waals surface area contributed by atoms with Crippen LogP contribution in [0.5, 0.6) is 0 Å². The van der Waals surface area contributed by atoms with Gasteiger partial charge < -0.3 is 10.2 Å². The van der Waals surface area contributed by atoms with Crippen LogP contribution < -0.4 is 10.2 Å². The van der Waals surface area contributed by atoms with Gasteiger partial charge in [0.05, 0.1) is 5.69 Å². The fourth-order valence-corrected chi connectivity index (χ4v) is 2.85. The molecule has 0 amide bonds. The van der Waals surface area contributed by atoms with E-state index in [1.165, 1.54) is 12.8 Å². The number of hydrogen-bond donors (Lipinski definition) is 1. The highest BCUT2D eigenvalue weighted by atomic mass is 19.1. The minimum atomic E-state index is -0.0791. The number of hydrogen-bond acceptors (Lipinski definition) is 2. The third-order valence-corrected chi connectivity index (χ3v) is 3.90. The molecular weight excluding hydrogens is 239 g/mol. The van der Waals surface area contributed by atoms with Crippen LogP contribution in [0.15, 0.2) is 18.2 Å². The summed E-state index contributed by atoms with van der Waals surface area (Å²) >= 11 is 0. The molecule has 2 rings (SSSR count). The molecule has 0 aliphatic carbocycles. The summed E-state index contributed by atoms with van der Waals surface area (Å²) in [6, 6.07) is 5.88. The molecule has 1 aliphatic heterocycles. The number of piperidine rings is 1. The molecule has 1 N–H and O–H groups in total. The maximum Gasteiger partial charge on any atom is 0.146 e. The molecule has 1 atom stereocenters. The van der Waals surface area contributed by atoms with E-state index in [-0.39, 0.29) is 5.82 Å². The Balaban J connectivity index is 2.21. The van der Waals surface area contributed by atoms with Crippen molar-refractivity contribution in [2.45, 2.75) is 52.1 Å². The number of rotatable bonds is 5. The molecule has 1 unspecified atom stereocenters. The standard InChI is InChI=1S/C16H25FN2/c1-3-10-18-12-14-8-6-9-15(17)16(14)19-11-5-4-7-13(19)2/h6,8-9,13,18H,3-5,7,10-12H2,1-2H3. The number of halogens is 1. The first-order chi connectivity index (χ1) is 9.24. The zero-order valence-electron chi connectivity index (χ0n) is 12.1. The lowest BCUT2D eigenvalue weighted by Gasteiger charge is -2.37. The van der Waals surface area contributed by atoms with Gasteiger partial charge in [-0.15, -0.1) is 0 Å². The predicted molar refractivity (Wildman–Crippen MR) is 79.1 cm³/mol. The van der Waals surface area contributed by atoms with Gasteiger partial charge in [-0.05, 0) is 50.8 Å². The van der Waals surface area contributed by atoms with Crippen molar-refractivity contribution >= 4 is 5.69 Å². The van der Waals surface area contributed by atoms with E-state index in [0.29, 0.717) is 6.04 Å². The van der Waals surface area contributed by atoms with Gasteiger partial charge in [-0.25, -0.2) is 4.39 Å². The molecule has 1 aliphatic rings. The summed E-state index contributed by atoms with van der Waals surface area (Å²) in [6.45, 7) is 7.06. The smallest absolute Gasteiger partial charge is 0.146 e. The van der Waals surface area contributed by atoms with E-state index < -0.39 is 0 Å². The average Bonchev–Trinajstić information content (AvgIpc) is 2.41. The van der Waals surface area contributed by atoms with Gasteiger partial charge in [0.25, 0.3) is 0 Å². The predicted octanol–water partition coefficient (Wildman–Crippen LogP) is 3.70. The van der Waals surface area contributed by atoms with E-state index in [2.05, 4.69) is 24.1 Å². The van der Waals surface area contributed by atoms with Crippen molar-refractivity contribution < 1.29 is 4.39 Å². The summed E-state index contributed by atoms with van der Waals surface area (Å²) in [6.07, 6.45) is 4.69. The van der Waals surface area contributed by atoms with Crippen molar-refractivity contribution in [3.8, 4) is 0 Å². The molecule has 1 saturated heterocycles. The number of nitrogens with zero attached hydrogens (tertiary/aromatic N) is 1. The van der Waals surface area contributed by atoms with Crippen molar-refractivity contribution in [2.24, 2.45) is 0 Å². The molecule has 0 bridgehead atoms. The van der Waals surface area contributed by atoms with Crippen molar-refractivity contribution in [3.05, 3.63) is 29.6 Å². The number of benzene rings is 1. The first-order valence-corrected chi connectivity index (χ1v) is 7.48. The molecule has 0 radical (unpaired) electrons. The van der Waals surface area contributed by atoms with Crippen LogP contribution in [0.25, 0.3) is 0 Å². The molecule has 0 saturated carbocycles. The molecule has 1 heterocycles. The first kappa shape index (κ1) is 14.3. The van der Waals surface area contributed by atoms with Gasteiger partial charge in [0, 0.05) is 19.1 Å². The Kier molecular flexibility index (Phi) is 5.20. The largest absolute Gasteiger partial charge is 0.366 e.